The summed E-state index contributed by atoms with van der Waals surface area (Å²) >= 11 is 7.66. The van der Waals surface area contributed by atoms with Crippen LogP contribution in [0.15, 0.2) is 71.4 Å². The van der Waals surface area contributed by atoms with E-state index in [-0.39, 0.29) is 0 Å². The lowest BCUT2D eigenvalue weighted by Gasteiger charge is -2.07. The molecule has 6 nitrogen and oxygen atoms in total. The summed E-state index contributed by atoms with van der Waals surface area (Å²) in [4.78, 5) is 2.80. The lowest BCUT2D eigenvalue weighted by Crippen LogP contribution is -2.31. The second-order valence-electron chi connectivity index (χ2n) is 9.17. The van der Waals surface area contributed by atoms with Gasteiger partial charge in [0.05, 0.1) is 9.75 Å². The van der Waals surface area contributed by atoms with Gasteiger partial charge < -0.3 is 9.11 Å². The number of rotatable bonds is 2. The summed E-state index contributed by atoms with van der Waals surface area (Å²) in [5.41, 5.74) is 2.69. The molecule has 2 aromatic heterocycles. The van der Waals surface area contributed by atoms with Gasteiger partial charge in [-0.15, -0.1) is 0 Å². The first-order valence-corrected chi connectivity index (χ1v) is 17.7. The third kappa shape index (κ3) is 10.2. The van der Waals surface area contributed by atoms with Gasteiger partial charge in [-0.05, 0) is 24.0 Å². The summed E-state index contributed by atoms with van der Waals surface area (Å²) in [6.07, 6.45) is 8.21. The number of benzene rings is 2. The molecule has 2 fully saturated rings. The first-order valence-electron chi connectivity index (χ1n) is 13.0. The van der Waals surface area contributed by atoms with E-state index in [0.29, 0.717) is 0 Å². The van der Waals surface area contributed by atoms with E-state index in [2.05, 4.69) is 80.6 Å². The largest absolute Gasteiger partial charge is 0.759 e. The molecule has 11 heteroatoms. The minimum atomic E-state index is -5.17. The van der Waals surface area contributed by atoms with E-state index in [1.54, 1.807) is 0 Å². The van der Waals surface area contributed by atoms with E-state index in [1.807, 2.05) is 45.3 Å². The van der Waals surface area contributed by atoms with Crippen molar-refractivity contribution >= 4 is 55.7 Å². The zero-order chi connectivity index (χ0) is 27.5. The minimum Gasteiger partial charge on any atom is -0.759 e. The molecule has 0 unspecified atom stereocenters. The molecule has 0 amide bonds. The standard InChI is InChI=1S/2C14H16NS2.H2O4S/c2*1-3-7-12(8-4-1)13-11-16-14(17-13)15-9-5-2-6-10-15;1-5(2,3)4/h2*1,3-4,7-8,11H,2,5-6,9-10H2;(H2,1,2,3,4)/q2*+1;/p-2. The van der Waals surface area contributed by atoms with E-state index >= 15 is 0 Å². The maximum absolute atomic E-state index is 8.52. The van der Waals surface area contributed by atoms with E-state index in [1.165, 1.54) is 93.6 Å². The van der Waals surface area contributed by atoms with Crippen molar-refractivity contribution in [3.05, 3.63) is 79.4 Å². The number of hydrogen-bond donors (Lipinski definition) is 0. The molecule has 0 aliphatic carbocycles. The van der Waals surface area contributed by atoms with Crippen molar-refractivity contribution in [2.75, 3.05) is 26.2 Å². The third-order valence-electron chi connectivity index (χ3n) is 6.27. The summed E-state index contributed by atoms with van der Waals surface area (Å²) in [5, 5.41) is 4.59. The van der Waals surface area contributed by atoms with Crippen molar-refractivity contribution in [2.45, 2.75) is 38.5 Å². The van der Waals surface area contributed by atoms with Crippen LogP contribution in [0.2, 0.25) is 0 Å². The lowest BCUT2D eigenvalue weighted by atomic mass is 10.2. The Hall–Kier alpha value is -1.99. The van der Waals surface area contributed by atoms with E-state index in [0.717, 1.165) is 0 Å². The SMILES string of the molecule is O=S(=O)([O-])[O-].c1ccc(-c2csc(=[N+]3CCCCC3)s2)cc1.c1ccc(-c2csc(=[N+]3CCCCC3)s2)cc1. The normalized spacial score (nSPS) is 15.5. The fourth-order valence-corrected chi connectivity index (χ4v) is 9.13. The minimum absolute atomic E-state index is 1.24. The predicted octanol–water partition coefficient (Wildman–Crippen LogP) is 5.53. The number of nitrogens with zero attached hydrogens (tertiary/aromatic N) is 2. The molecule has 4 heterocycles. The summed E-state index contributed by atoms with van der Waals surface area (Å²) in [5.74, 6) is 0. The predicted molar refractivity (Wildman–Crippen MR) is 163 cm³/mol. The van der Waals surface area contributed by atoms with E-state index in [9.17, 15) is 0 Å². The highest BCUT2D eigenvalue weighted by molar-refractivity contribution is 7.79. The fourth-order valence-electron chi connectivity index (χ4n) is 4.38. The quantitative estimate of drug-likeness (QED) is 0.168. The summed E-state index contributed by atoms with van der Waals surface area (Å²) in [7, 11) is -5.17. The molecular formula is C28H32N2O4S5. The van der Waals surface area contributed by atoms with Crippen LogP contribution in [0, 0.1) is 0 Å². The van der Waals surface area contributed by atoms with Gasteiger partial charge in [0.2, 0.25) is 0 Å². The van der Waals surface area contributed by atoms with Gasteiger partial charge in [0, 0.05) is 46.8 Å². The Morgan fingerprint density at radius 2 is 0.897 bits per heavy atom. The number of piperidine rings is 2. The highest BCUT2D eigenvalue weighted by atomic mass is 32.3. The zero-order valence-electron chi connectivity index (χ0n) is 21.6. The molecule has 0 atom stereocenters. The Morgan fingerprint density at radius 3 is 1.23 bits per heavy atom. The molecule has 2 aliphatic heterocycles. The van der Waals surface area contributed by atoms with Crippen molar-refractivity contribution in [1.29, 1.82) is 0 Å². The molecule has 0 bridgehead atoms. The van der Waals surface area contributed by atoms with E-state index < -0.39 is 10.4 Å². The van der Waals surface area contributed by atoms with Crippen LogP contribution in [-0.2, 0) is 10.4 Å². The van der Waals surface area contributed by atoms with Crippen LogP contribution in [0.25, 0.3) is 20.9 Å². The van der Waals surface area contributed by atoms with Crippen LogP contribution in [-0.4, -0.2) is 43.7 Å². The molecule has 2 aromatic carbocycles. The van der Waals surface area contributed by atoms with Crippen LogP contribution < -0.4 is 17.1 Å². The van der Waals surface area contributed by atoms with Crippen molar-refractivity contribution in [3.63, 3.8) is 0 Å². The first kappa shape index (κ1) is 30.0. The molecule has 0 N–H and O–H groups in total. The monoisotopic (exact) mass is 620 g/mol. The van der Waals surface area contributed by atoms with Crippen molar-refractivity contribution in [2.24, 2.45) is 0 Å². The fraction of sp³-hybridized carbons (Fsp3) is 0.357. The molecule has 39 heavy (non-hydrogen) atoms. The second kappa shape index (κ2) is 15.1. The van der Waals surface area contributed by atoms with Gasteiger partial charge in [0.25, 0.3) is 0 Å². The molecule has 2 saturated heterocycles. The molecule has 0 saturated carbocycles. The summed E-state index contributed by atoms with van der Waals surface area (Å²) in [6.45, 7) is 4.97. The zero-order valence-corrected chi connectivity index (χ0v) is 25.7. The van der Waals surface area contributed by atoms with Crippen LogP contribution in [0.4, 0.5) is 0 Å². The van der Waals surface area contributed by atoms with Crippen molar-refractivity contribution in [3.8, 4) is 20.9 Å². The molecule has 6 rings (SSSR count). The number of hydrogen-bond acceptors (Lipinski definition) is 8. The molecule has 208 valence electrons. The van der Waals surface area contributed by atoms with Crippen molar-refractivity contribution < 1.29 is 17.5 Å². The maximum atomic E-state index is 8.52. The van der Waals surface area contributed by atoms with Crippen molar-refractivity contribution in [1.82, 2.24) is 9.15 Å². The molecule has 0 spiro atoms. The van der Waals surface area contributed by atoms with Gasteiger partial charge in [-0.25, -0.2) is 9.15 Å². The Balaban J connectivity index is 0.000000155. The summed E-state index contributed by atoms with van der Waals surface area (Å²) in [6, 6.07) is 21.4. The Labute approximate surface area is 246 Å². The van der Waals surface area contributed by atoms with Crippen LogP contribution in [0.1, 0.15) is 38.5 Å². The molecule has 4 aromatic rings. The van der Waals surface area contributed by atoms with Gasteiger partial charge in [0.1, 0.15) is 26.2 Å². The Kier molecular flexibility index (Phi) is 11.6. The maximum Gasteiger partial charge on any atom is 0.314 e. The topological polar surface area (TPSA) is 86.3 Å². The van der Waals surface area contributed by atoms with Gasteiger partial charge in [-0.2, -0.15) is 0 Å². The van der Waals surface area contributed by atoms with Gasteiger partial charge >= 0.3 is 7.97 Å². The lowest BCUT2D eigenvalue weighted by molar-refractivity contribution is 0.352. The molecule has 0 radical (unpaired) electrons. The second-order valence-corrected chi connectivity index (χ2v) is 14.3. The van der Waals surface area contributed by atoms with Crippen LogP contribution in [0.5, 0.6) is 0 Å². The Morgan fingerprint density at radius 1 is 0.564 bits per heavy atom. The molecule has 2 aliphatic rings. The first-order chi connectivity index (χ1) is 18.9. The average Bonchev–Trinajstić information content (AvgIpc) is 3.66. The Bertz CT molecular complexity index is 1420. The smallest absolute Gasteiger partial charge is 0.314 e. The summed E-state index contributed by atoms with van der Waals surface area (Å²) < 4.78 is 42.1. The van der Waals surface area contributed by atoms with Gasteiger partial charge in [-0.3, -0.25) is 8.42 Å². The highest BCUT2D eigenvalue weighted by Gasteiger charge is 2.15. The molecular weight excluding hydrogens is 589 g/mol. The average molecular weight is 621 g/mol. The van der Waals surface area contributed by atoms with E-state index in [4.69, 9.17) is 17.5 Å². The third-order valence-corrected chi connectivity index (χ3v) is 11.3. The van der Waals surface area contributed by atoms with Crippen LogP contribution in [0.3, 0.4) is 0 Å². The van der Waals surface area contributed by atoms with Gasteiger partial charge in [0.15, 0.2) is 0 Å². The van der Waals surface area contributed by atoms with Gasteiger partial charge in [-0.1, -0.05) is 106 Å². The highest BCUT2D eigenvalue weighted by Crippen LogP contribution is 2.24. The van der Waals surface area contributed by atoms with Crippen LogP contribution >= 0.6 is 45.3 Å².